The molecular weight excluding hydrogens is 196 g/mol. The van der Waals surface area contributed by atoms with E-state index >= 15 is 0 Å². The zero-order chi connectivity index (χ0) is 11.1. The van der Waals surface area contributed by atoms with E-state index in [9.17, 15) is 0 Å². The second-order valence-corrected chi connectivity index (χ2v) is 4.67. The number of benzene rings is 1. The highest BCUT2D eigenvalue weighted by Crippen LogP contribution is 2.33. The molecule has 0 saturated carbocycles. The number of hydrogen-bond acceptors (Lipinski definition) is 1. The summed E-state index contributed by atoms with van der Waals surface area (Å²) in [6.45, 7) is 4.19. The molecule has 1 aromatic heterocycles. The smallest absolute Gasteiger partial charge is 0.0518 e. The molecule has 0 saturated heterocycles. The van der Waals surface area contributed by atoms with Crippen molar-refractivity contribution >= 4 is 10.9 Å². The summed E-state index contributed by atoms with van der Waals surface area (Å²) in [5.74, 6) is 0. The van der Waals surface area contributed by atoms with Gasteiger partial charge in [0.2, 0.25) is 0 Å². The molecule has 0 amide bonds. The van der Waals surface area contributed by atoms with E-state index in [1.165, 1.54) is 34.1 Å². The molecule has 2 aromatic rings. The van der Waals surface area contributed by atoms with Crippen molar-refractivity contribution in [3.63, 3.8) is 0 Å². The van der Waals surface area contributed by atoms with Crippen LogP contribution in [0.5, 0.6) is 0 Å². The first-order valence-corrected chi connectivity index (χ1v) is 6.12. The van der Waals surface area contributed by atoms with E-state index < -0.39 is 0 Å². The maximum Gasteiger partial charge on any atom is 0.0518 e. The molecule has 1 aliphatic heterocycles. The average molecular weight is 214 g/mol. The van der Waals surface area contributed by atoms with E-state index in [-0.39, 0.29) is 0 Å². The summed E-state index contributed by atoms with van der Waals surface area (Å²) in [5.41, 5.74) is 11.6. The predicted octanol–water partition coefficient (Wildman–Crippen LogP) is 2.40. The van der Waals surface area contributed by atoms with Crippen LogP contribution in [0, 0.1) is 6.92 Å². The number of rotatable bonds is 3. The van der Waals surface area contributed by atoms with Crippen molar-refractivity contribution in [1.29, 1.82) is 0 Å². The fourth-order valence-corrected chi connectivity index (χ4v) is 2.99. The number of nitrogens with zero attached hydrogens (tertiary/aromatic N) is 1. The Bertz CT molecular complexity index is 537. The summed E-state index contributed by atoms with van der Waals surface area (Å²) in [7, 11) is 0. The lowest BCUT2D eigenvalue weighted by molar-refractivity contribution is 0.734. The van der Waals surface area contributed by atoms with Gasteiger partial charge in [-0.05, 0) is 43.9 Å². The molecule has 0 unspecified atom stereocenters. The first kappa shape index (κ1) is 9.91. The summed E-state index contributed by atoms with van der Waals surface area (Å²) in [4.78, 5) is 0. The molecule has 1 aliphatic rings. The van der Waals surface area contributed by atoms with Crippen LogP contribution in [0.2, 0.25) is 0 Å². The highest BCUT2D eigenvalue weighted by atomic mass is 15.0. The summed E-state index contributed by atoms with van der Waals surface area (Å²) in [6, 6.07) is 6.72. The van der Waals surface area contributed by atoms with E-state index in [0.717, 1.165) is 25.9 Å². The molecule has 2 N–H and O–H groups in total. The maximum atomic E-state index is 5.61. The average Bonchev–Trinajstić information content (AvgIpc) is 2.83. The molecule has 0 atom stereocenters. The van der Waals surface area contributed by atoms with Gasteiger partial charge in [-0.3, -0.25) is 0 Å². The van der Waals surface area contributed by atoms with E-state index in [2.05, 4.69) is 29.7 Å². The second-order valence-electron chi connectivity index (χ2n) is 4.67. The fourth-order valence-electron chi connectivity index (χ4n) is 2.99. The first-order chi connectivity index (χ1) is 7.83. The number of para-hydroxylation sites is 1. The third-order valence-corrected chi connectivity index (χ3v) is 3.79. The molecule has 2 heterocycles. The highest BCUT2D eigenvalue weighted by Gasteiger charge is 2.20. The van der Waals surface area contributed by atoms with Crippen LogP contribution in [0.1, 0.15) is 23.2 Å². The Kier molecular flexibility index (Phi) is 2.25. The number of nitrogens with two attached hydrogens (primary N) is 1. The zero-order valence-electron chi connectivity index (χ0n) is 9.79. The van der Waals surface area contributed by atoms with Gasteiger partial charge in [0.1, 0.15) is 0 Å². The molecule has 0 bridgehead atoms. The minimum Gasteiger partial charge on any atom is -0.344 e. The van der Waals surface area contributed by atoms with Gasteiger partial charge in [0.25, 0.3) is 0 Å². The molecule has 1 aromatic carbocycles. The van der Waals surface area contributed by atoms with E-state index in [1.54, 1.807) is 0 Å². The van der Waals surface area contributed by atoms with Gasteiger partial charge in [-0.15, -0.1) is 0 Å². The van der Waals surface area contributed by atoms with Crippen molar-refractivity contribution in [3.05, 3.63) is 35.0 Å². The molecule has 0 radical (unpaired) electrons. The van der Waals surface area contributed by atoms with E-state index in [1.807, 2.05) is 0 Å². The van der Waals surface area contributed by atoms with Gasteiger partial charge < -0.3 is 10.3 Å². The van der Waals surface area contributed by atoms with Crippen LogP contribution in [0.3, 0.4) is 0 Å². The Morgan fingerprint density at radius 2 is 2.25 bits per heavy atom. The minimum absolute atomic E-state index is 0.784. The second kappa shape index (κ2) is 3.63. The van der Waals surface area contributed by atoms with Crippen molar-refractivity contribution in [2.45, 2.75) is 32.7 Å². The van der Waals surface area contributed by atoms with Crippen molar-refractivity contribution in [1.82, 2.24) is 4.57 Å². The molecule has 0 fully saturated rings. The molecule has 2 heteroatoms. The Balaban J connectivity index is 2.22. The van der Waals surface area contributed by atoms with E-state index in [0.29, 0.717) is 0 Å². The van der Waals surface area contributed by atoms with Crippen LogP contribution in [0.25, 0.3) is 10.9 Å². The van der Waals surface area contributed by atoms with Gasteiger partial charge in [-0.1, -0.05) is 18.2 Å². The summed E-state index contributed by atoms with van der Waals surface area (Å²) in [5, 5.41) is 1.46. The maximum absolute atomic E-state index is 5.61. The predicted molar refractivity (Wildman–Crippen MR) is 67.8 cm³/mol. The molecule has 0 aliphatic carbocycles. The quantitative estimate of drug-likeness (QED) is 0.835. The highest BCUT2D eigenvalue weighted by molar-refractivity contribution is 5.89. The normalized spacial score (nSPS) is 13.9. The molecule has 16 heavy (non-hydrogen) atoms. The molecule has 2 nitrogen and oxygen atoms in total. The van der Waals surface area contributed by atoms with Crippen LogP contribution < -0.4 is 5.73 Å². The minimum atomic E-state index is 0.784. The lowest BCUT2D eigenvalue weighted by Gasteiger charge is -2.04. The van der Waals surface area contributed by atoms with Crippen LogP contribution in [-0.4, -0.2) is 11.1 Å². The van der Waals surface area contributed by atoms with Crippen LogP contribution >= 0.6 is 0 Å². The summed E-state index contributed by atoms with van der Waals surface area (Å²) >= 11 is 0. The van der Waals surface area contributed by atoms with Gasteiger partial charge in [0, 0.05) is 17.6 Å². The summed E-state index contributed by atoms with van der Waals surface area (Å²) in [6.07, 6.45) is 3.41. The number of aromatic nitrogens is 1. The van der Waals surface area contributed by atoms with Crippen LogP contribution in [-0.2, 0) is 19.4 Å². The van der Waals surface area contributed by atoms with Crippen molar-refractivity contribution < 1.29 is 0 Å². The fraction of sp³-hybridized carbons (Fsp3) is 0.429. The molecule has 84 valence electrons. The Morgan fingerprint density at radius 3 is 3.06 bits per heavy atom. The molecule has 3 rings (SSSR count). The van der Waals surface area contributed by atoms with Gasteiger partial charge in [0.05, 0.1) is 5.52 Å². The van der Waals surface area contributed by atoms with Crippen molar-refractivity contribution in [3.8, 4) is 0 Å². The third-order valence-electron chi connectivity index (χ3n) is 3.79. The topological polar surface area (TPSA) is 30.9 Å². The molecular formula is C14H18N2. The summed E-state index contributed by atoms with van der Waals surface area (Å²) < 4.78 is 2.48. The van der Waals surface area contributed by atoms with Crippen molar-refractivity contribution in [2.75, 3.05) is 6.54 Å². The zero-order valence-corrected chi connectivity index (χ0v) is 9.79. The number of hydrogen-bond donors (Lipinski definition) is 1. The Morgan fingerprint density at radius 1 is 1.38 bits per heavy atom. The largest absolute Gasteiger partial charge is 0.344 e. The third kappa shape index (κ3) is 1.23. The van der Waals surface area contributed by atoms with Crippen LogP contribution in [0.4, 0.5) is 0 Å². The monoisotopic (exact) mass is 214 g/mol. The standard InChI is InChI=1S/C14H18N2/c1-10-12(6-3-8-15)13-5-2-4-11-7-9-16(10)14(11)13/h2,4-5H,3,6-9,15H2,1H3. The molecule has 0 spiro atoms. The van der Waals surface area contributed by atoms with Gasteiger partial charge in [-0.2, -0.15) is 0 Å². The Labute approximate surface area is 96.1 Å². The SMILES string of the molecule is Cc1c(CCCN)c2cccc3c2n1CC3. The van der Waals surface area contributed by atoms with Gasteiger partial charge >= 0.3 is 0 Å². The lowest BCUT2D eigenvalue weighted by Crippen LogP contribution is -2.02. The lowest BCUT2D eigenvalue weighted by atomic mass is 10.0. The Hall–Kier alpha value is -1.28. The first-order valence-electron chi connectivity index (χ1n) is 6.12. The van der Waals surface area contributed by atoms with E-state index in [4.69, 9.17) is 5.73 Å². The van der Waals surface area contributed by atoms with Crippen LogP contribution in [0.15, 0.2) is 18.2 Å². The van der Waals surface area contributed by atoms with Gasteiger partial charge in [-0.25, -0.2) is 0 Å². The number of aryl methyl sites for hydroxylation is 3. The van der Waals surface area contributed by atoms with Crippen molar-refractivity contribution in [2.24, 2.45) is 5.73 Å². The van der Waals surface area contributed by atoms with Gasteiger partial charge in [0.15, 0.2) is 0 Å².